The van der Waals surface area contributed by atoms with Gasteiger partial charge in [0.2, 0.25) is 0 Å². The van der Waals surface area contributed by atoms with Crippen LogP contribution in [-0.4, -0.2) is 61.1 Å². The quantitative estimate of drug-likeness (QED) is 0.390. The Morgan fingerprint density at radius 1 is 1.17 bits per heavy atom. The predicted molar refractivity (Wildman–Crippen MR) is 68.1 cm³/mol. The zero-order valence-corrected chi connectivity index (χ0v) is 12.3. The van der Waals surface area contributed by atoms with Gasteiger partial charge >= 0.3 is 23.6 Å². The highest BCUT2D eigenvalue weighted by atomic mass is 16.9. The monoisotopic (exact) mass is 328 g/mol. The van der Waals surface area contributed by atoms with E-state index in [2.05, 4.69) is 19.4 Å². The van der Waals surface area contributed by atoms with Crippen LogP contribution in [0.15, 0.2) is 10.8 Å². The van der Waals surface area contributed by atoms with Gasteiger partial charge in [0.05, 0.1) is 26.2 Å². The summed E-state index contributed by atoms with van der Waals surface area (Å²) in [6.07, 6.45) is -0.521. The van der Waals surface area contributed by atoms with Crippen molar-refractivity contribution in [1.29, 1.82) is 0 Å². The van der Waals surface area contributed by atoms with Crippen LogP contribution >= 0.6 is 0 Å². The van der Waals surface area contributed by atoms with Crippen molar-refractivity contribution < 1.29 is 42.9 Å². The Balaban J connectivity index is 2.56. The summed E-state index contributed by atoms with van der Waals surface area (Å²) in [6.45, 7) is 0. The van der Waals surface area contributed by atoms with Crippen molar-refractivity contribution in [3.05, 3.63) is 22.7 Å². The molecule has 2 rings (SSSR count). The highest BCUT2D eigenvalue weighted by Gasteiger charge is 2.52. The van der Waals surface area contributed by atoms with Crippen molar-refractivity contribution >= 4 is 23.6 Å². The Bertz CT molecular complexity index is 678. The molecule has 0 unspecified atom stereocenters. The Hall–Kier alpha value is -3.11. The lowest BCUT2D eigenvalue weighted by atomic mass is 9.89. The van der Waals surface area contributed by atoms with Crippen molar-refractivity contribution in [2.24, 2.45) is 0 Å². The Morgan fingerprint density at radius 2 is 1.83 bits per heavy atom. The number of hydrogen-bond acceptors (Lipinski definition) is 10. The van der Waals surface area contributed by atoms with Crippen LogP contribution in [0.2, 0.25) is 0 Å². The zero-order valence-electron chi connectivity index (χ0n) is 12.3. The molecule has 1 aliphatic rings. The molecule has 1 aliphatic heterocycles. The van der Waals surface area contributed by atoms with E-state index in [-0.39, 0.29) is 16.2 Å². The first-order valence-corrected chi connectivity index (χ1v) is 6.15. The molecule has 0 spiro atoms. The standard InChI is InChI=1S/C12H12N2O9/c1-19-10(15)7-5(4-22-13-7)6-8(11(16)20-2)14(18)23-9(6)12(17)21-3/h4,6,9H,1-3H3/t6-,9-/m0/s1. The molecule has 0 bridgehead atoms. The van der Waals surface area contributed by atoms with Crippen molar-refractivity contribution in [2.45, 2.75) is 12.0 Å². The molecule has 23 heavy (non-hydrogen) atoms. The number of nitrogens with zero attached hydrogens (tertiary/aromatic N) is 2. The average Bonchev–Trinajstić information content (AvgIpc) is 3.16. The molecular weight excluding hydrogens is 316 g/mol. The molecule has 1 aromatic rings. The lowest BCUT2D eigenvalue weighted by Gasteiger charge is -2.15. The van der Waals surface area contributed by atoms with E-state index >= 15 is 0 Å². The number of carbonyl (C=O) groups is 3. The third kappa shape index (κ3) is 2.67. The summed E-state index contributed by atoms with van der Waals surface area (Å²) < 4.78 is 18.3. The maximum Gasteiger partial charge on any atom is 0.405 e. The molecule has 1 aromatic heterocycles. The van der Waals surface area contributed by atoms with Gasteiger partial charge in [-0.1, -0.05) is 5.16 Å². The molecule has 124 valence electrons. The van der Waals surface area contributed by atoms with Gasteiger partial charge in [-0.05, 0) is 0 Å². The van der Waals surface area contributed by atoms with Gasteiger partial charge in [0.25, 0.3) is 0 Å². The number of ether oxygens (including phenoxy) is 3. The second-order valence-corrected chi connectivity index (χ2v) is 4.27. The van der Waals surface area contributed by atoms with Gasteiger partial charge in [0.1, 0.15) is 12.2 Å². The largest absolute Gasteiger partial charge is 0.468 e. The summed E-state index contributed by atoms with van der Waals surface area (Å²) in [7, 11) is 3.22. The summed E-state index contributed by atoms with van der Waals surface area (Å²) in [4.78, 5) is 40.0. The fourth-order valence-corrected chi connectivity index (χ4v) is 2.11. The van der Waals surface area contributed by atoms with Crippen LogP contribution in [0.1, 0.15) is 22.0 Å². The number of aromatic nitrogens is 1. The van der Waals surface area contributed by atoms with Crippen molar-refractivity contribution in [2.75, 3.05) is 21.3 Å². The normalized spacial score (nSPS) is 20.0. The lowest BCUT2D eigenvalue weighted by molar-refractivity contribution is -0.736. The van der Waals surface area contributed by atoms with E-state index in [0.29, 0.717) is 0 Å². The molecule has 11 heteroatoms. The van der Waals surface area contributed by atoms with Gasteiger partial charge in [0, 0.05) is 5.56 Å². The number of methoxy groups -OCH3 is 3. The van der Waals surface area contributed by atoms with E-state index in [4.69, 9.17) is 9.36 Å². The van der Waals surface area contributed by atoms with Crippen molar-refractivity contribution in [1.82, 2.24) is 5.16 Å². The fourth-order valence-electron chi connectivity index (χ4n) is 2.11. The van der Waals surface area contributed by atoms with Gasteiger partial charge in [-0.15, -0.1) is 0 Å². The molecule has 0 fully saturated rings. The fraction of sp³-hybridized carbons (Fsp3) is 0.417. The van der Waals surface area contributed by atoms with Crippen LogP contribution in [0.5, 0.6) is 0 Å². The topological polar surface area (TPSA) is 140 Å². The Labute approximate surface area is 128 Å². The first kappa shape index (κ1) is 16.3. The summed E-state index contributed by atoms with van der Waals surface area (Å²) in [5.41, 5.74) is -0.922. The smallest absolute Gasteiger partial charge is 0.405 e. The molecule has 2 heterocycles. The van der Waals surface area contributed by atoms with Gasteiger partial charge in [-0.2, -0.15) is 0 Å². The second kappa shape index (κ2) is 6.34. The van der Waals surface area contributed by atoms with E-state index < -0.39 is 35.6 Å². The lowest BCUT2D eigenvalue weighted by Crippen LogP contribution is -2.34. The predicted octanol–water partition coefficient (Wildman–Crippen LogP) is -0.844. The molecule has 0 amide bonds. The minimum atomic E-state index is -1.52. The summed E-state index contributed by atoms with van der Waals surface area (Å²) in [6, 6.07) is 0. The van der Waals surface area contributed by atoms with E-state index in [1.54, 1.807) is 0 Å². The van der Waals surface area contributed by atoms with Crippen LogP contribution in [0.3, 0.4) is 0 Å². The zero-order chi connectivity index (χ0) is 17.1. The SMILES string of the molecule is COC(=O)C1=[N+]([O-])O[C@H](C(=O)OC)[C@H]1c1conc1C(=O)OC. The van der Waals surface area contributed by atoms with Crippen LogP contribution in [0.4, 0.5) is 0 Å². The summed E-state index contributed by atoms with van der Waals surface area (Å²) in [5.74, 6) is -4.18. The van der Waals surface area contributed by atoms with Crippen LogP contribution in [0, 0.1) is 5.21 Å². The number of carbonyl (C=O) groups excluding carboxylic acids is 3. The minimum Gasteiger partial charge on any atom is -0.468 e. The Morgan fingerprint density at radius 3 is 2.39 bits per heavy atom. The number of hydrogen-bond donors (Lipinski definition) is 0. The summed E-state index contributed by atoms with van der Waals surface area (Å²) in [5, 5.41) is 15.3. The van der Waals surface area contributed by atoms with E-state index in [9.17, 15) is 19.6 Å². The average molecular weight is 328 g/mol. The van der Waals surface area contributed by atoms with Crippen molar-refractivity contribution in [3.8, 4) is 0 Å². The second-order valence-electron chi connectivity index (χ2n) is 4.27. The molecule has 0 saturated carbocycles. The Kier molecular flexibility index (Phi) is 4.48. The molecule has 11 nitrogen and oxygen atoms in total. The third-order valence-corrected chi connectivity index (χ3v) is 3.14. The highest BCUT2D eigenvalue weighted by molar-refractivity contribution is 6.37. The summed E-state index contributed by atoms with van der Waals surface area (Å²) >= 11 is 0. The van der Waals surface area contributed by atoms with Crippen LogP contribution in [0.25, 0.3) is 0 Å². The van der Waals surface area contributed by atoms with Crippen molar-refractivity contribution in [3.63, 3.8) is 0 Å². The van der Waals surface area contributed by atoms with Gasteiger partial charge in [-0.3, -0.25) is 10.0 Å². The van der Waals surface area contributed by atoms with E-state index in [1.807, 2.05) is 0 Å². The molecule has 0 radical (unpaired) electrons. The molecule has 0 aromatic carbocycles. The molecule has 0 saturated heterocycles. The third-order valence-electron chi connectivity index (χ3n) is 3.14. The molecule has 0 aliphatic carbocycles. The highest BCUT2D eigenvalue weighted by Crippen LogP contribution is 2.32. The van der Waals surface area contributed by atoms with Gasteiger partial charge < -0.3 is 23.6 Å². The van der Waals surface area contributed by atoms with E-state index in [1.165, 1.54) is 0 Å². The first-order valence-electron chi connectivity index (χ1n) is 6.15. The molecular formula is C12H12N2O9. The first-order chi connectivity index (χ1) is 11.0. The van der Waals surface area contributed by atoms with E-state index in [0.717, 1.165) is 27.6 Å². The maximum atomic E-state index is 11.8. The van der Waals surface area contributed by atoms with Gasteiger partial charge in [0.15, 0.2) is 11.8 Å². The molecule has 2 atom stereocenters. The molecule has 0 N–H and O–H groups in total. The number of esters is 3. The van der Waals surface area contributed by atoms with Crippen LogP contribution in [-0.2, 0) is 28.6 Å². The van der Waals surface area contributed by atoms with Gasteiger partial charge in [-0.25, -0.2) is 9.59 Å². The number of rotatable bonds is 4. The maximum absolute atomic E-state index is 11.8. The van der Waals surface area contributed by atoms with Crippen LogP contribution < -0.4 is 0 Å². The minimum absolute atomic E-state index is 0.0500.